The number of hydrogen-bond donors (Lipinski definition) is 1. The molecule has 0 heterocycles. The summed E-state index contributed by atoms with van der Waals surface area (Å²) in [6.45, 7) is 2.55. The Kier molecular flexibility index (Phi) is 3.69. The van der Waals surface area contributed by atoms with Crippen molar-refractivity contribution >= 4 is 21.6 Å². The maximum Gasteiger partial charge on any atom is 0.120 e. The molecule has 0 bridgehead atoms. The lowest BCUT2D eigenvalue weighted by atomic mass is 10.1. The average molecular weight is 292 g/mol. The fourth-order valence-electron chi connectivity index (χ4n) is 1.55. The van der Waals surface area contributed by atoms with Crippen LogP contribution in [0.4, 0.5) is 5.69 Å². The lowest BCUT2D eigenvalue weighted by Crippen LogP contribution is -1.97. The Balaban J connectivity index is 2.05. The van der Waals surface area contributed by atoms with Gasteiger partial charge in [0.25, 0.3) is 0 Å². The molecule has 0 aromatic heterocycles. The summed E-state index contributed by atoms with van der Waals surface area (Å²) in [6, 6.07) is 13.8. The molecule has 0 radical (unpaired) electrons. The average Bonchev–Trinajstić information content (AvgIpc) is 2.31. The van der Waals surface area contributed by atoms with Crippen LogP contribution in [0.15, 0.2) is 46.9 Å². The number of benzene rings is 2. The zero-order valence-electron chi connectivity index (χ0n) is 9.61. The number of rotatable bonds is 3. The van der Waals surface area contributed by atoms with Crippen LogP contribution >= 0.6 is 15.9 Å². The van der Waals surface area contributed by atoms with Gasteiger partial charge in [-0.1, -0.05) is 34.1 Å². The minimum atomic E-state index is 0.553. The molecule has 0 fully saturated rings. The molecule has 2 N–H and O–H groups in total. The highest BCUT2D eigenvalue weighted by molar-refractivity contribution is 9.10. The summed E-state index contributed by atoms with van der Waals surface area (Å²) in [5.41, 5.74) is 8.79. The number of anilines is 1. The number of aryl methyl sites for hydroxylation is 1. The van der Waals surface area contributed by atoms with Crippen LogP contribution < -0.4 is 10.5 Å². The molecule has 2 nitrogen and oxygen atoms in total. The van der Waals surface area contributed by atoms with Crippen molar-refractivity contribution in [1.29, 1.82) is 0 Å². The van der Waals surface area contributed by atoms with Crippen molar-refractivity contribution in [2.45, 2.75) is 13.5 Å². The molecular formula is C14H14BrNO. The Hall–Kier alpha value is -1.48. The first-order valence-corrected chi connectivity index (χ1v) is 6.18. The van der Waals surface area contributed by atoms with Gasteiger partial charge in [-0.25, -0.2) is 0 Å². The Morgan fingerprint density at radius 2 is 2.00 bits per heavy atom. The van der Waals surface area contributed by atoms with Crippen molar-refractivity contribution in [2.75, 3.05) is 5.73 Å². The highest BCUT2D eigenvalue weighted by Crippen LogP contribution is 2.20. The molecule has 0 unspecified atom stereocenters. The lowest BCUT2D eigenvalue weighted by molar-refractivity contribution is 0.306. The van der Waals surface area contributed by atoms with Crippen LogP contribution in [0.25, 0.3) is 0 Å². The van der Waals surface area contributed by atoms with E-state index in [4.69, 9.17) is 10.5 Å². The van der Waals surface area contributed by atoms with Gasteiger partial charge in [-0.15, -0.1) is 0 Å². The van der Waals surface area contributed by atoms with Crippen molar-refractivity contribution in [1.82, 2.24) is 0 Å². The third kappa shape index (κ3) is 3.24. The maximum atomic E-state index is 5.77. The van der Waals surface area contributed by atoms with Gasteiger partial charge in [-0.05, 0) is 42.3 Å². The third-order valence-corrected chi connectivity index (χ3v) is 3.03. The molecule has 2 rings (SSSR count). The molecule has 0 saturated heterocycles. The quantitative estimate of drug-likeness (QED) is 0.870. The van der Waals surface area contributed by atoms with E-state index in [-0.39, 0.29) is 0 Å². The summed E-state index contributed by atoms with van der Waals surface area (Å²) in [5.74, 6) is 0.855. The minimum absolute atomic E-state index is 0.553. The topological polar surface area (TPSA) is 35.2 Å². The molecule has 0 aliphatic rings. The van der Waals surface area contributed by atoms with Crippen molar-refractivity contribution in [3.8, 4) is 5.75 Å². The smallest absolute Gasteiger partial charge is 0.120 e. The first-order valence-electron chi connectivity index (χ1n) is 5.38. The van der Waals surface area contributed by atoms with E-state index in [2.05, 4.69) is 15.9 Å². The maximum absolute atomic E-state index is 5.77. The number of ether oxygens (including phenoxy) is 1. The third-order valence-electron chi connectivity index (χ3n) is 2.54. The van der Waals surface area contributed by atoms with Gasteiger partial charge in [-0.2, -0.15) is 0 Å². The second-order valence-corrected chi connectivity index (χ2v) is 4.85. The van der Waals surface area contributed by atoms with Crippen LogP contribution in [0.2, 0.25) is 0 Å². The predicted molar refractivity (Wildman–Crippen MR) is 74.1 cm³/mol. The number of nitrogen functional groups attached to an aromatic ring is 1. The predicted octanol–water partition coefficient (Wildman–Crippen LogP) is 3.92. The van der Waals surface area contributed by atoms with Crippen molar-refractivity contribution in [3.63, 3.8) is 0 Å². The molecule has 0 atom stereocenters. The number of halogens is 1. The fraction of sp³-hybridized carbons (Fsp3) is 0.143. The first-order chi connectivity index (χ1) is 8.15. The number of hydrogen-bond acceptors (Lipinski definition) is 2. The molecule has 0 spiro atoms. The van der Waals surface area contributed by atoms with Crippen molar-refractivity contribution < 1.29 is 4.74 Å². The lowest BCUT2D eigenvalue weighted by Gasteiger charge is -2.08. The van der Waals surface area contributed by atoms with E-state index in [1.807, 2.05) is 49.4 Å². The van der Waals surface area contributed by atoms with Gasteiger partial charge < -0.3 is 10.5 Å². The van der Waals surface area contributed by atoms with Gasteiger partial charge in [0.2, 0.25) is 0 Å². The first kappa shape index (κ1) is 12.0. The van der Waals surface area contributed by atoms with Gasteiger partial charge in [-0.3, -0.25) is 0 Å². The standard InChI is InChI=1S/C14H14BrNO/c1-10-7-11(5-6-14(10)16)9-17-13-4-2-3-12(15)8-13/h2-8H,9,16H2,1H3. The fourth-order valence-corrected chi connectivity index (χ4v) is 1.93. The summed E-state index contributed by atoms with van der Waals surface area (Å²) in [6.07, 6.45) is 0. The molecule has 0 amide bonds. The van der Waals surface area contributed by atoms with Gasteiger partial charge in [0, 0.05) is 10.2 Å². The Morgan fingerprint density at radius 3 is 2.71 bits per heavy atom. The molecule has 2 aromatic rings. The summed E-state index contributed by atoms with van der Waals surface area (Å²) in [5, 5.41) is 0. The SMILES string of the molecule is Cc1cc(COc2cccc(Br)c2)ccc1N. The minimum Gasteiger partial charge on any atom is -0.489 e. The molecule has 0 aliphatic heterocycles. The Morgan fingerprint density at radius 1 is 1.18 bits per heavy atom. The van der Waals surface area contributed by atoms with E-state index in [9.17, 15) is 0 Å². The van der Waals surface area contributed by atoms with E-state index in [1.54, 1.807) is 0 Å². The molecule has 17 heavy (non-hydrogen) atoms. The van der Waals surface area contributed by atoms with Crippen molar-refractivity contribution in [2.24, 2.45) is 0 Å². The van der Waals surface area contributed by atoms with Crippen LogP contribution in [0, 0.1) is 6.92 Å². The second-order valence-electron chi connectivity index (χ2n) is 3.94. The Bertz CT molecular complexity index is 525. The monoisotopic (exact) mass is 291 g/mol. The van der Waals surface area contributed by atoms with Gasteiger partial charge in [0.05, 0.1) is 0 Å². The molecular weight excluding hydrogens is 278 g/mol. The van der Waals surface area contributed by atoms with Gasteiger partial charge in [0.1, 0.15) is 12.4 Å². The zero-order chi connectivity index (χ0) is 12.3. The van der Waals surface area contributed by atoms with Crippen LogP contribution in [0.5, 0.6) is 5.75 Å². The highest BCUT2D eigenvalue weighted by Gasteiger charge is 1.99. The molecule has 88 valence electrons. The van der Waals surface area contributed by atoms with Crippen LogP contribution in [-0.2, 0) is 6.61 Å². The van der Waals surface area contributed by atoms with Crippen molar-refractivity contribution in [3.05, 3.63) is 58.1 Å². The van der Waals surface area contributed by atoms with Gasteiger partial charge >= 0.3 is 0 Å². The molecule has 3 heteroatoms. The van der Waals surface area contributed by atoms with E-state index in [0.717, 1.165) is 27.0 Å². The summed E-state index contributed by atoms with van der Waals surface area (Å²) in [4.78, 5) is 0. The summed E-state index contributed by atoms with van der Waals surface area (Å²) in [7, 11) is 0. The summed E-state index contributed by atoms with van der Waals surface area (Å²) >= 11 is 3.41. The van der Waals surface area contributed by atoms with Crippen LogP contribution in [0.1, 0.15) is 11.1 Å². The molecule has 0 aliphatic carbocycles. The van der Waals surface area contributed by atoms with E-state index in [0.29, 0.717) is 6.61 Å². The number of nitrogens with two attached hydrogens (primary N) is 1. The van der Waals surface area contributed by atoms with E-state index < -0.39 is 0 Å². The molecule has 2 aromatic carbocycles. The normalized spacial score (nSPS) is 10.2. The van der Waals surface area contributed by atoms with E-state index >= 15 is 0 Å². The van der Waals surface area contributed by atoms with Crippen LogP contribution in [0.3, 0.4) is 0 Å². The van der Waals surface area contributed by atoms with Gasteiger partial charge in [0.15, 0.2) is 0 Å². The molecule has 0 saturated carbocycles. The van der Waals surface area contributed by atoms with E-state index in [1.165, 1.54) is 0 Å². The Labute approximate surface area is 110 Å². The zero-order valence-corrected chi connectivity index (χ0v) is 11.2. The second kappa shape index (κ2) is 5.23. The largest absolute Gasteiger partial charge is 0.489 e. The highest BCUT2D eigenvalue weighted by atomic mass is 79.9. The summed E-state index contributed by atoms with van der Waals surface area (Å²) < 4.78 is 6.71. The van der Waals surface area contributed by atoms with Crippen LogP contribution in [-0.4, -0.2) is 0 Å².